The summed E-state index contributed by atoms with van der Waals surface area (Å²) in [6, 6.07) is 18.0. The summed E-state index contributed by atoms with van der Waals surface area (Å²) >= 11 is 0. The zero-order valence-corrected chi connectivity index (χ0v) is 9.17. The van der Waals surface area contributed by atoms with E-state index in [9.17, 15) is 0 Å². The van der Waals surface area contributed by atoms with E-state index in [0.29, 0.717) is 5.56 Å². The van der Waals surface area contributed by atoms with Gasteiger partial charge in [0.1, 0.15) is 0 Å². The maximum absolute atomic E-state index is 8.76. The van der Waals surface area contributed by atoms with Gasteiger partial charge in [-0.2, -0.15) is 5.26 Å². The predicted octanol–water partition coefficient (Wildman–Crippen LogP) is 3.48. The van der Waals surface area contributed by atoms with Crippen molar-refractivity contribution in [3.8, 4) is 17.2 Å². The van der Waals surface area contributed by atoms with E-state index in [1.807, 2.05) is 42.6 Å². The van der Waals surface area contributed by atoms with Crippen molar-refractivity contribution in [3.05, 3.63) is 66.5 Å². The van der Waals surface area contributed by atoms with E-state index in [0.717, 1.165) is 5.56 Å². The summed E-state index contributed by atoms with van der Waals surface area (Å²) in [4.78, 5) is 0. The molecule has 0 fully saturated rings. The second kappa shape index (κ2) is 3.80. The average molecular weight is 218 g/mol. The van der Waals surface area contributed by atoms with E-state index >= 15 is 0 Å². The average Bonchev–Trinajstić information content (AvgIpc) is 2.82. The van der Waals surface area contributed by atoms with Gasteiger partial charge in [0.25, 0.3) is 0 Å². The van der Waals surface area contributed by atoms with E-state index in [-0.39, 0.29) is 0 Å². The number of fused-ring (bicyclic) bond motifs is 1. The maximum atomic E-state index is 8.76. The predicted molar refractivity (Wildman–Crippen MR) is 67.5 cm³/mol. The van der Waals surface area contributed by atoms with E-state index in [1.165, 1.54) is 11.1 Å². The van der Waals surface area contributed by atoms with Gasteiger partial charge in [0, 0.05) is 23.5 Å². The maximum Gasteiger partial charge on any atom is 0.0991 e. The standard InChI is InChI=1S/C15H10N2/c16-10-12-4-6-13(7-5-12)14-9-15-3-1-2-8-17(15)11-14/h1-9,11H. The van der Waals surface area contributed by atoms with Crippen molar-refractivity contribution in [2.75, 3.05) is 0 Å². The molecule has 0 saturated heterocycles. The van der Waals surface area contributed by atoms with Crippen LogP contribution in [0.1, 0.15) is 5.56 Å². The zero-order valence-electron chi connectivity index (χ0n) is 9.17. The number of pyridine rings is 1. The molecule has 2 heterocycles. The van der Waals surface area contributed by atoms with E-state index in [2.05, 4.69) is 28.8 Å². The zero-order chi connectivity index (χ0) is 11.7. The summed E-state index contributed by atoms with van der Waals surface area (Å²) in [6.07, 6.45) is 4.12. The smallest absolute Gasteiger partial charge is 0.0991 e. The lowest BCUT2D eigenvalue weighted by atomic mass is 10.1. The number of nitriles is 1. The molecular weight excluding hydrogens is 208 g/mol. The molecule has 2 heteroatoms. The van der Waals surface area contributed by atoms with Gasteiger partial charge in [-0.3, -0.25) is 0 Å². The fraction of sp³-hybridized carbons (Fsp3) is 0. The molecule has 0 aliphatic heterocycles. The molecule has 0 unspecified atom stereocenters. The third-order valence-corrected chi connectivity index (χ3v) is 2.85. The minimum Gasteiger partial charge on any atom is -0.323 e. The molecule has 0 aliphatic carbocycles. The highest BCUT2D eigenvalue weighted by Crippen LogP contribution is 2.22. The molecule has 17 heavy (non-hydrogen) atoms. The van der Waals surface area contributed by atoms with Crippen LogP contribution < -0.4 is 0 Å². The van der Waals surface area contributed by atoms with Gasteiger partial charge in [-0.15, -0.1) is 0 Å². The third-order valence-electron chi connectivity index (χ3n) is 2.85. The number of nitrogens with zero attached hydrogens (tertiary/aromatic N) is 2. The van der Waals surface area contributed by atoms with Gasteiger partial charge in [0.2, 0.25) is 0 Å². The van der Waals surface area contributed by atoms with Crippen molar-refractivity contribution in [3.63, 3.8) is 0 Å². The lowest BCUT2D eigenvalue weighted by Crippen LogP contribution is -1.77. The van der Waals surface area contributed by atoms with Crippen molar-refractivity contribution in [1.82, 2.24) is 4.40 Å². The first kappa shape index (κ1) is 9.68. The molecule has 0 atom stereocenters. The summed E-state index contributed by atoms with van der Waals surface area (Å²) in [7, 11) is 0. The first-order valence-corrected chi connectivity index (χ1v) is 5.44. The molecule has 0 spiro atoms. The quantitative estimate of drug-likeness (QED) is 0.614. The van der Waals surface area contributed by atoms with Crippen LogP contribution in [0.3, 0.4) is 0 Å². The van der Waals surface area contributed by atoms with Gasteiger partial charge in [0.05, 0.1) is 11.6 Å². The lowest BCUT2D eigenvalue weighted by Gasteiger charge is -1.96. The third kappa shape index (κ3) is 1.68. The molecule has 0 bridgehead atoms. The van der Waals surface area contributed by atoms with Crippen LogP contribution in [-0.2, 0) is 0 Å². The summed E-state index contributed by atoms with van der Waals surface area (Å²) in [5.41, 5.74) is 4.16. The number of rotatable bonds is 1. The molecule has 3 aromatic rings. The molecule has 2 aromatic heterocycles. The fourth-order valence-corrected chi connectivity index (χ4v) is 1.95. The van der Waals surface area contributed by atoms with Crippen molar-refractivity contribution in [1.29, 1.82) is 5.26 Å². The summed E-state index contributed by atoms with van der Waals surface area (Å²) in [5, 5.41) is 8.76. The number of hydrogen-bond acceptors (Lipinski definition) is 1. The Morgan fingerprint density at radius 2 is 1.76 bits per heavy atom. The molecule has 0 radical (unpaired) electrons. The van der Waals surface area contributed by atoms with Gasteiger partial charge < -0.3 is 4.40 Å². The summed E-state index contributed by atoms with van der Waals surface area (Å²) in [6.45, 7) is 0. The van der Waals surface area contributed by atoms with Crippen molar-refractivity contribution in [2.24, 2.45) is 0 Å². The molecule has 0 amide bonds. The van der Waals surface area contributed by atoms with Crippen LogP contribution in [-0.4, -0.2) is 4.40 Å². The summed E-state index contributed by atoms with van der Waals surface area (Å²) < 4.78 is 2.09. The van der Waals surface area contributed by atoms with Gasteiger partial charge >= 0.3 is 0 Å². The van der Waals surface area contributed by atoms with E-state index < -0.39 is 0 Å². The van der Waals surface area contributed by atoms with Crippen LogP contribution in [0, 0.1) is 11.3 Å². The van der Waals surface area contributed by atoms with Crippen LogP contribution in [0.2, 0.25) is 0 Å². The molecule has 3 rings (SSSR count). The van der Waals surface area contributed by atoms with Crippen LogP contribution in [0.15, 0.2) is 60.9 Å². The van der Waals surface area contributed by atoms with Gasteiger partial charge in [-0.25, -0.2) is 0 Å². The Hall–Kier alpha value is -2.53. The highest BCUT2D eigenvalue weighted by molar-refractivity contribution is 5.70. The SMILES string of the molecule is N#Cc1ccc(-c2cc3ccccn3c2)cc1. The first-order valence-electron chi connectivity index (χ1n) is 5.44. The monoisotopic (exact) mass is 218 g/mol. The number of hydrogen-bond donors (Lipinski definition) is 0. The second-order valence-corrected chi connectivity index (χ2v) is 3.95. The van der Waals surface area contributed by atoms with Crippen LogP contribution >= 0.6 is 0 Å². The molecule has 1 aromatic carbocycles. The molecule has 80 valence electrons. The molecule has 0 N–H and O–H groups in total. The number of benzene rings is 1. The van der Waals surface area contributed by atoms with Crippen LogP contribution in [0.4, 0.5) is 0 Å². The topological polar surface area (TPSA) is 28.2 Å². The van der Waals surface area contributed by atoms with Gasteiger partial charge in [0.15, 0.2) is 0 Å². The largest absolute Gasteiger partial charge is 0.323 e. The van der Waals surface area contributed by atoms with E-state index in [1.54, 1.807) is 0 Å². The Morgan fingerprint density at radius 1 is 0.941 bits per heavy atom. The van der Waals surface area contributed by atoms with Crippen LogP contribution in [0.25, 0.3) is 16.6 Å². The molecular formula is C15H10N2. The lowest BCUT2D eigenvalue weighted by molar-refractivity contribution is 1.20. The van der Waals surface area contributed by atoms with Crippen LogP contribution in [0.5, 0.6) is 0 Å². The molecule has 2 nitrogen and oxygen atoms in total. The van der Waals surface area contributed by atoms with E-state index in [4.69, 9.17) is 5.26 Å². The highest BCUT2D eigenvalue weighted by Gasteiger charge is 2.01. The number of aromatic nitrogens is 1. The van der Waals surface area contributed by atoms with Gasteiger partial charge in [-0.1, -0.05) is 18.2 Å². The Balaban J connectivity index is 2.11. The first-order chi connectivity index (χ1) is 8.36. The molecule has 0 saturated carbocycles. The summed E-state index contributed by atoms with van der Waals surface area (Å²) in [5.74, 6) is 0. The normalized spacial score (nSPS) is 10.3. The minimum absolute atomic E-state index is 0.692. The Labute approximate surface area is 99.4 Å². The second-order valence-electron chi connectivity index (χ2n) is 3.95. The molecule has 0 aliphatic rings. The van der Waals surface area contributed by atoms with Gasteiger partial charge in [-0.05, 0) is 35.9 Å². The Bertz CT molecular complexity index is 667. The Kier molecular flexibility index (Phi) is 2.16. The fourth-order valence-electron chi connectivity index (χ4n) is 1.95. The highest BCUT2D eigenvalue weighted by atomic mass is 14.8. The minimum atomic E-state index is 0.692. The Morgan fingerprint density at radius 3 is 2.47 bits per heavy atom. The van der Waals surface area contributed by atoms with Crippen molar-refractivity contribution >= 4 is 5.52 Å². The van der Waals surface area contributed by atoms with Crippen molar-refractivity contribution < 1.29 is 0 Å². The van der Waals surface area contributed by atoms with Crippen molar-refractivity contribution in [2.45, 2.75) is 0 Å².